The van der Waals surface area contributed by atoms with Gasteiger partial charge in [-0.3, -0.25) is 0 Å². The second-order valence-electron chi connectivity index (χ2n) is 9.53. The van der Waals surface area contributed by atoms with Crippen LogP contribution in [0.1, 0.15) is 22.9 Å². The first kappa shape index (κ1) is 24.6. The van der Waals surface area contributed by atoms with Gasteiger partial charge in [-0.05, 0) is 55.5 Å². The third-order valence-corrected chi connectivity index (χ3v) is 7.40. The first-order valence-corrected chi connectivity index (χ1v) is 13.4. The maximum atomic E-state index is 15.6. The Hall–Kier alpha value is -4.46. The van der Waals surface area contributed by atoms with Crippen LogP contribution in [0, 0.1) is 12.7 Å². The second kappa shape index (κ2) is 9.62. The molecule has 0 fully saturated rings. The number of rotatable bonds is 3. The van der Waals surface area contributed by atoms with Crippen LogP contribution in [-0.4, -0.2) is 21.5 Å². The number of para-hydroxylation sites is 3. The van der Waals surface area contributed by atoms with E-state index in [4.69, 9.17) is 38.3 Å². The smallest absolute Gasteiger partial charge is 0.179 e. The normalized spacial score (nSPS) is 15.5. The van der Waals surface area contributed by atoms with Crippen LogP contribution >= 0.6 is 23.2 Å². The summed E-state index contributed by atoms with van der Waals surface area (Å²) < 4.78 is 17.4. The van der Waals surface area contributed by atoms with E-state index in [-0.39, 0.29) is 5.82 Å². The van der Waals surface area contributed by atoms with Gasteiger partial charge in [0.25, 0.3) is 0 Å². The number of hydrogen-bond acceptors (Lipinski definition) is 5. The quantitative estimate of drug-likeness (QED) is 0.238. The van der Waals surface area contributed by atoms with Crippen LogP contribution in [0.5, 0.6) is 0 Å². The molecule has 9 heteroatoms. The van der Waals surface area contributed by atoms with Crippen LogP contribution < -0.4 is 10.2 Å². The first-order chi connectivity index (χ1) is 19.5. The van der Waals surface area contributed by atoms with E-state index in [0.717, 1.165) is 28.3 Å². The molecule has 0 aliphatic carbocycles. The van der Waals surface area contributed by atoms with Crippen LogP contribution in [0.4, 0.5) is 27.3 Å². The van der Waals surface area contributed by atoms with Gasteiger partial charge in [-0.2, -0.15) is 5.10 Å². The van der Waals surface area contributed by atoms with Crippen LogP contribution in [0.2, 0.25) is 10.0 Å². The van der Waals surface area contributed by atoms with E-state index >= 15 is 4.39 Å². The lowest BCUT2D eigenvalue weighted by Crippen LogP contribution is -2.46. The fourth-order valence-corrected chi connectivity index (χ4v) is 5.83. The summed E-state index contributed by atoms with van der Waals surface area (Å²) in [4.78, 5) is 12.1. The third kappa shape index (κ3) is 4.06. The maximum Gasteiger partial charge on any atom is 0.179 e. The molecule has 0 spiro atoms. The van der Waals surface area contributed by atoms with Crippen molar-refractivity contribution < 1.29 is 4.39 Å². The summed E-state index contributed by atoms with van der Waals surface area (Å²) in [6.45, 7) is 1.93. The molecule has 0 unspecified atom stereocenters. The predicted molar refractivity (Wildman–Crippen MR) is 160 cm³/mol. The largest absolute Gasteiger partial charge is 0.337 e. The number of aryl methyl sites for hydroxylation is 1. The summed E-state index contributed by atoms with van der Waals surface area (Å²) in [5.74, 6) is 1.29. The molecule has 7 rings (SSSR count). The van der Waals surface area contributed by atoms with Crippen LogP contribution in [0.25, 0.3) is 5.69 Å². The molecular formula is C31H21Cl2FN6. The summed E-state index contributed by atoms with van der Waals surface area (Å²) in [7, 11) is 0. The van der Waals surface area contributed by atoms with Gasteiger partial charge in [-0.25, -0.2) is 19.1 Å². The molecule has 2 aliphatic rings. The van der Waals surface area contributed by atoms with Crippen molar-refractivity contribution in [1.82, 2.24) is 9.78 Å². The van der Waals surface area contributed by atoms with Gasteiger partial charge in [0.2, 0.25) is 0 Å². The molecule has 0 saturated carbocycles. The number of nitrogens with zero attached hydrogens (tertiary/aromatic N) is 5. The summed E-state index contributed by atoms with van der Waals surface area (Å²) in [6.07, 6.45) is 0. The van der Waals surface area contributed by atoms with Crippen molar-refractivity contribution in [1.29, 1.82) is 0 Å². The summed E-state index contributed by atoms with van der Waals surface area (Å²) in [5, 5.41) is 9.22. The Kier molecular flexibility index (Phi) is 5.91. The molecule has 40 heavy (non-hydrogen) atoms. The average Bonchev–Trinajstić information content (AvgIpc) is 3.28. The molecule has 6 nitrogen and oxygen atoms in total. The monoisotopic (exact) mass is 566 g/mol. The molecule has 0 radical (unpaired) electrons. The van der Waals surface area contributed by atoms with Crippen molar-refractivity contribution in [2.45, 2.75) is 13.0 Å². The molecule has 0 bridgehead atoms. The molecule has 5 aromatic rings. The third-order valence-electron chi connectivity index (χ3n) is 6.96. The van der Waals surface area contributed by atoms with Crippen LogP contribution in [0.15, 0.2) is 107 Å². The minimum Gasteiger partial charge on any atom is -0.337 e. The minimum absolute atomic E-state index is 0.317. The zero-order valence-electron chi connectivity index (χ0n) is 21.2. The molecular weight excluding hydrogens is 546 g/mol. The number of anilines is 2. The Morgan fingerprint density at radius 3 is 2.30 bits per heavy atom. The number of halogens is 3. The van der Waals surface area contributed by atoms with Gasteiger partial charge >= 0.3 is 0 Å². The van der Waals surface area contributed by atoms with Crippen molar-refractivity contribution in [2.75, 3.05) is 10.2 Å². The summed E-state index contributed by atoms with van der Waals surface area (Å²) >= 11 is 12.6. The van der Waals surface area contributed by atoms with Gasteiger partial charge in [-0.1, -0.05) is 71.7 Å². The number of hydrogen-bond donors (Lipinski definition) is 1. The molecule has 1 atom stereocenters. The lowest BCUT2D eigenvalue weighted by Gasteiger charge is -2.40. The van der Waals surface area contributed by atoms with E-state index in [1.54, 1.807) is 28.9 Å². The van der Waals surface area contributed by atoms with Crippen molar-refractivity contribution in [2.24, 2.45) is 9.98 Å². The van der Waals surface area contributed by atoms with Crippen molar-refractivity contribution in [3.05, 3.63) is 130 Å². The van der Waals surface area contributed by atoms with E-state index in [1.807, 2.05) is 78.6 Å². The minimum atomic E-state index is -0.558. The van der Waals surface area contributed by atoms with Gasteiger partial charge in [0.1, 0.15) is 5.82 Å². The number of fused-ring (bicyclic) bond motifs is 4. The number of amidine groups is 2. The van der Waals surface area contributed by atoms with Crippen molar-refractivity contribution >= 4 is 57.8 Å². The highest BCUT2D eigenvalue weighted by atomic mass is 35.5. The Morgan fingerprint density at radius 1 is 0.825 bits per heavy atom. The number of aliphatic imine (C=N–C) groups is 2. The fourth-order valence-electron chi connectivity index (χ4n) is 5.30. The second-order valence-corrected chi connectivity index (χ2v) is 10.4. The topological polar surface area (TPSA) is 57.8 Å². The Bertz CT molecular complexity index is 1830. The number of nitrogens with one attached hydrogen (secondary N) is 1. The lowest BCUT2D eigenvalue weighted by atomic mass is 9.93. The summed E-state index contributed by atoms with van der Waals surface area (Å²) in [5.41, 5.74) is 5.11. The molecule has 3 heterocycles. The maximum absolute atomic E-state index is 15.6. The van der Waals surface area contributed by atoms with Gasteiger partial charge in [-0.15, -0.1) is 0 Å². The lowest BCUT2D eigenvalue weighted by molar-refractivity contribution is 0.597. The van der Waals surface area contributed by atoms with Crippen LogP contribution in [-0.2, 0) is 0 Å². The van der Waals surface area contributed by atoms with E-state index in [2.05, 4.69) is 5.32 Å². The van der Waals surface area contributed by atoms with E-state index in [9.17, 15) is 0 Å². The number of benzene rings is 4. The van der Waals surface area contributed by atoms with E-state index in [0.29, 0.717) is 38.8 Å². The molecule has 4 aromatic carbocycles. The Balaban J connectivity index is 1.51. The van der Waals surface area contributed by atoms with E-state index < -0.39 is 6.04 Å². The van der Waals surface area contributed by atoms with Crippen LogP contribution in [0.3, 0.4) is 0 Å². The highest BCUT2D eigenvalue weighted by Gasteiger charge is 2.42. The molecule has 2 aliphatic heterocycles. The van der Waals surface area contributed by atoms with Crippen molar-refractivity contribution in [3.8, 4) is 5.69 Å². The molecule has 0 amide bonds. The molecule has 0 saturated heterocycles. The zero-order chi connectivity index (χ0) is 27.4. The average molecular weight is 567 g/mol. The first-order valence-electron chi connectivity index (χ1n) is 12.7. The van der Waals surface area contributed by atoms with Crippen molar-refractivity contribution in [3.63, 3.8) is 0 Å². The van der Waals surface area contributed by atoms with E-state index in [1.165, 1.54) is 6.07 Å². The SMILES string of the molecule is Cc1nn(-c2ccccc2)c2c1[C@@H](c1ccccc1F)N1C(=N2)C(Nc2cc(Cl)cc(Cl)c2)=Nc2ccccc21. The van der Waals surface area contributed by atoms with Gasteiger partial charge in [0.15, 0.2) is 17.5 Å². The predicted octanol–water partition coefficient (Wildman–Crippen LogP) is 8.42. The molecule has 1 aromatic heterocycles. The fraction of sp³-hybridized carbons (Fsp3) is 0.0645. The van der Waals surface area contributed by atoms with Gasteiger partial charge in [0, 0.05) is 26.9 Å². The van der Waals surface area contributed by atoms with Gasteiger partial charge in [0.05, 0.1) is 28.8 Å². The standard InChI is InChI=1S/C31H21Cl2FN6/c1-18-27-28(23-11-5-6-12-24(23)34)39-26-14-8-7-13-25(26)36-29(35-21-16-19(32)15-20(33)17-21)31(39)37-30(27)40(38-18)22-9-3-2-4-10-22/h2-17,28H,1H3,(H,35,36)/t28-/m1/s1. The highest BCUT2D eigenvalue weighted by Crippen LogP contribution is 2.48. The zero-order valence-corrected chi connectivity index (χ0v) is 22.7. The number of aromatic nitrogens is 2. The summed E-state index contributed by atoms with van der Waals surface area (Å²) in [6, 6.07) is 29.0. The molecule has 1 N–H and O–H groups in total. The Morgan fingerprint density at radius 2 is 1.52 bits per heavy atom. The Labute approximate surface area is 240 Å². The molecule has 196 valence electrons. The van der Waals surface area contributed by atoms with Gasteiger partial charge < -0.3 is 10.2 Å². The highest BCUT2D eigenvalue weighted by molar-refractivity contribution is 6.52.